The lowest BCUT2D eigenvalue weighted by Gasteiger charge is -2.28. The fraction of sp³-hybridized carbons (Fsp3) is 0.524. The number of methoxy groups -OCH3 is 2. The van der Waals surface area contributed by atoms with Crippen molar-refractivity contribution in [3.63, 3.8) is 0 Å². The van der Waals surface area contributed by atoms with Gasteiger partial charge in [0, 0.05) is 44.5 Å². The summed E-state index contributed by atoms with van der Waals surface area (Å²) < 4.78 is 11.5. The Labute approximate surface area is 169 Å². The number of rotatable bonds is 7. The molecule has 3 rings (SSSR count). The summed E-state index contributed by atoms with van der Waals surface area (Å²) in [4.78, 5) is 28.2. The number of carbonyl (C=O) groups excluding carboxylic acids is 2. The molecule has 0 aliphatic carbocycles. The van der Waals surface area contributed by atoms with E-state index in [1.54, 1.807) is 28.1 Å². The zero-order valence-electron chi connectivity index (χ0n) is 16.9. The topological polar surface area (TPSA) is 67.9 Å². The van der Waals surface area contributed by atoms with Gasteiger partial charge in [0.2, 0.25) is 0 Å². The molecule has 0 spiro atoms. The van der Waals surface area contributed by atoms with Crippen LogP contribution in [0.1, 0.15) is 41.4 Å². The van der Waals surface area contributed by atoms with Crippen LogP contribution >= 0.6 is 11.3 Å². The van der Waals surface area contributed by atoms with Crippen molar-refractivity contribution in [2.45, 2.75) is 31.8 Å². The lowest BCUT2D eigenvalue weighted by molar-refractivity contribution is -0.149. The molecule has 6 nitrogen and oxygen atoms in total. The number of likely N-dealkylation sites (tertiary alicyclic amines) is 1. The van der Waals surface area contributed by atoms with Gasteiger partial charge in [0.25, 0.3) is 11.8 Å². The lowest BCUT2D eigenvalue weighted by Crippen LogP contribution is -2.45. The maximum atomic E-state index is 12.8. The largest absolute Gasteiger partial charge is 0.383 e. The average Bonchev–Trinajstić information content (AvgIpc) is 3.31. The van der Waals surface area contributed by atoms with Gasteiger partial charge < -0.3 is 19.7 Å². The van der Waals surface area contributed by atoms with Crippen molar-refractivity contribution in [2.24, 2.45) is 0 Å². The van der Waals surface area contributed by atoms with Crippen LogP contribution in [0.2, 0.25) is 0 Å². The Morgan fingerprint density at radius 1 is 1.29 bits per heavy atom. The monoisotopic (exact) mass is 404 g/mol. The van der Waals surface area contributed by atoms with Crippen molar-refractivity contribution in [1.82, 2.24) is 10.2 Å². The Kier molecular flexibility index (Phi) is 6.37. The summed E-state index contributed by atoms with van der Waals surface area (Å²) in [6.07, 6.45) is 0.838. The van der Waals surface area contributed by atoms with Gasteiger partial charge in [0.15, 0.2) is 0 Å². The van der Waals surface area contributed by atoms with Gasteiger partial charge in [-0.1, -0.05) is 18.2 Å². The van der Waals surface area contributed by atoms with Crippen LogP contribution in [0.3, 0.4) is 0 Å². The second-order valence-electron chi connectivity index (χ2n) is 7.54. The normalized spacial score (nSPS) is 17.3. The van der Waals surface area contributed by atoms with Crippen LogP contribution < -0.4 is 5.32 Å². The van der Waals surface area contributed by atoms with Crippen LogP contribution in [0, 0.1) is 0 Å². The van der Waals surface area contributed by atoms with Crippen molar-refractivity contribution in [3.8, 4) is 0 Å². The smallest absolute Gasteiger partial charge is 0.261 e. The number of benzene rings is 1. The van der Waals surface area contributed by atoms with E-state index in [4.69, 9.17) is 9.47 Å². The molecule has 0 radical (unpaired) electrons. The number of fused-ring (bicyclic) bond motifs is 1. The zero-order valence-corrected chi connectivity index (χ0v) is 17.7. The molecular weight excluding hydrogens is 376 g/mol. The zero-order chi connectivity index (χ0) is 20.3. The Morgan fingerprint density at radius 2 is 2.04 bits per heavy atom. The van der Waals surface area contributed by atoms with E-state index in [-0.39, 0.29) is 17.7 Å². The highest BCUT2D eigenvalue weighted by molar-refractivity contribution is 7.21. The van der Waals surface area contributed by atoms with E-state index >= 15 is 0 Å². The molecule has 0 bridgehead atoms. The van der Waals surface area contributed by atoms with Crippen LogP contribution in [0.15, 0.2) is 24.3 Å². The van der Waals surface area contributed by atoms with Crippen molar-refractivity contribution >= 4 is 33.2 Å². The fourth-order valence-corrected chi connectivity index (χ4v) is 4.84. The minimum atomic E-state index is -0.841. The number of nitrogens with zero attached hydrogens (tertiary/aromatic N) is 1. The Balaban J connectivity index is 1.89. The third kappa shape index (κ3) is 4.06. The second-order valence-corrected chi connectivity index (χ2v) is 8.59. The molecule has 1 atom stereocenters. The van der Waals surface area contributed by atoms with Gasteiger partial charge in [-0.3, -0.25) is 9.59 Å². The number of amides is 2. The fourth-order valence-electron chi connectivity index (χ4n) is 3.63. The average molecular weight is 405 g/mol. The van der Waals surface area contributed by atoms with Gasteiger partial charge in [-0.2, -0.15) is 0 Å². The molecule has 152 valence electrons. The number of nitrogens with one attached hydrogen (secondary N) is 1. The number of ether oxygens (including phenoxy) is 2. The number of carbonyl (C=O) groups is 2. The summed E-state index contributed by atoms with van der Waals surface area (Å²) in [5.41, 5.74) is 0.215. The van der Waals surface area contributed by atoms with E-state index in [2.05, 4.69) is 11.4 Å². The van der Waals surface area contributed by atoms with E-state index in [0.717, 1.165) is 26.9 Å². The van der Waals surface area contributed by atoms with Crippen molar-refractivity contribution in [2.75, 3.05) is 40.5 Å². The molecular formula is C21H28N2O4S. The predicted octanol–water partition coefficient (Wildman–Crippen LogP) is 3.02. The Bertz CT molecular complexity index is 861. The van der Waals surface area contributed by atoms with Crippen LogP contribution in [-0.2, 0) is 14.3 Å². The van der Waals surface area contributed by atoms with Crippen molar-refractivity contribution in [1.29, 1.82) is 0 Å². The first-order valence-electron chi connectivity index (χ1n) is 9.52. The Morgan fingerprint density at radius 3 is 2.75 bits per heavy atom. The number of hydrogen-bond acceptors (Lipinski definition) is 5. The quantitative estimate of drug-likeness (QED) is 0.721. The summed E-state index contributed by atoms with van der Waals surface area (Å²) >= 11 is 1.52. The summed E-state index contributed by atoms with van der Waals surface area (Å²) in [6.45, 7) is 5.80. The first-order chi connectivity index (χ1) is 13.4. The van der Waals surface area contributed by atoms with Gasteiger partial charge in [0.05, 0.1) is 11.5 Å². The van der Waals surface area contributed by atoms with Gasteiger partial charge >= 0.3 is 0 Å². The molecule has 1 N–H and O–H groups in total. The summed E-state index contributed by atoms with van der Waals surface area (Å²) in [6, 6.07) is 8.09. The van der Waals surface area contributed by atoms with E-state index in [1.807, 2.05) is 23.1 Å². The molecule has 1 aromatic carbocycles. The first kappa shape index (κ1) is 20.8. The van der Waals surface area contributed by atoms with Crippen LogP contribution in [-0.4, -0.2) is 62.8 Å². The van der Waals surface area contributed by atoms with Crippen LogP contribution in [0.5, 0.6) is 0 Å². The summed E-state index contributed by atoms with van der Waals surface area (Å²) in [5.74, 6) is 0.0503. The first-order valence-corrected chi connectivity index (χ1v) is 10.3. The number of thiophene rings is 1. The van der Waals surface area contributed by atoms with E-state index in [1.165, 1.54) is 11.3 Å². The minimum absolute atomic E-state index is 0.0110. The van der Waals surface area contributed by atoms with Gasteiger partial charge in [-0.05, 0) is 37.3 Å². The molecule has 1 aromatic heterocycles. The molecule has 0 saturated carbocycles. The van der Waals surface area contributed by atoms with Crippen LogP contribution in [0.25, 0.3) is 10.1 Å². The highest BCUT2D eigenvalue weighted by atomic mass is 32.1. The molecule has 1 aliphatic rings. The summed E-state index contributed by atoms with van der Waals surface area (Å²) in [5, 5.41) is 4.04. The molecule has 2 aromatic rings. The SMILES string of the molecule is COCCNC(=O)c1sc2ccccc2c1[C@H]1CCN(C(=O)C(C)(C)OC)C1. The predicted molar refractivity (Wildman–Crippen MR) is 111 cm³/mol. The third-order valence-electron chi connectivity index (χ3n) is 5.34. The van der Waals surface area contributed by atoms with Crippen LogP contribution in [0.4, 0.5) is 0 Å². The van der Waals surface area contributed by atoms with Crippen molar-refractivity contribution in [3.05, 3.63) is 34.7 Å². The lowest BCUT2D eigenvalue weighted by atomic mass is 9.95. The molecule has 0 unspecified atom stereocenters. The molecule has 1 saturated heterocycles. The van der Waals surface area contributed by atoms with Gasteiger partial charge in [-0.15, -0.1) is 11.3 Å². The molecule has 2 amide bonds. The Hall–Kier alpha value is -1.96. The number of hydrogen-bond donors (Lipinski definition) is 1. The van der Waals surface area contributed by atoms with Gasteiger partial charge in [0.1, 0.15) is 5.60 Å². The maximum absolute atomic E-state index is 12.8. The highest BCUT2D eigenvalue weighted by Gasteiger charge is 2.38. The standard InChI is InChI=1S/C21H28N2O4S/c1-21(2,27-4)20(25)23-11-9-14(13-23)17-15-7-5-6-8-16(15)28-18(17)19(24)22-10-12-26-3/h5-8,14H,9-13H2,1-4H3,(H,22,24)/t14-/m0/s1. The highest BCUT2D eigenvalue weighted by Crippen LogP contribution is 2.40. The van der Waals surface area contributed by atoms with E-state index < -0.39 is 5.60 Å². The summed E-state index contributed by atoms with van der Waals surface area (Å²) in [7, 11) is 3.17. The van der Waals surface area contributed by atoms with Gasteiger partial charge in [-0.25, -0.2) is 0 Å². The minimum Gasteiger partial charge on any atom is -0.383 e. The van der Waals surface area contributed by atoms with Crippen molar-refractivity contribution < 1.29 is 19.1 Å². The van der Waals surface area contributed by atoms with E-state index in [9.17, 15) is 9.59 Å². The molecule has 7 heteroatoms. The molecule has 1 aliphatic heterocycles. The van der Waals surface area contributed by atoms with E-state index in [0.29, 0.717) is 26.2 Å². The third-order valence-corrected chi connectivity index (χ3v) is 6.53. The maximum Gasteiger partial charge on any atom is 0.261 e. The molecule has 2 heterocycles. The second kappa shape index (κ2) is 8.59. The molecule has 1 fully saturated rings. The molecule has 28 heavy (non-hydrogen) atoms.